The first-order valence-corrected chi connectivity index (χ1v) is 6.43. The van der Waals surface area contributed by atoms with Crippen molar-refractivity contribution in [1.29, 1.82) is 0 Å². The molecule has 19 heavy (non-hydrogen) atoms. The van der Waals surface area contributed by atoms with E-state index < -0.39 is 17.1 Å². The van der Waals surface area contributed by atoms with Crippen molar-refractivity contribution in [2.75, 3.05) is 13.1 Å². The Hall–Kier alpha value is -1.60. The number of hydrogen-bond acceptors (Lipinski definition) is 6. The molecule has 0 saturated carbocycles. The van der Waals surface area contributed by atoms with E-state index in [4.69, 9.17) is 0 Å². The Labute approximate surface area is 115 Å². The van der Waals surface area contributed by atoms with Gasteiger partial charge in [-0.15, -0.1) is 0 Å². The fraction of sp³-hybridized carbons (Fsp3) is 0.417. The van der Waals surface area contributed by atoms with Crippen molar-refractivity contribution in [2.45, 2.75) is 17.9 Å². The summed E-state index contributed by atoms with van der Waals surface area (Å²) in [5.74, 6) is -0.651. The quantitative estimate of drug-likeness (QED) is 0.352. The van der Waals surface area contributed by atoms with Crippen LogP contribution < -0.4 is 5.32 Å². The Morgan fingerprint density at radius 1 is 1.37 bits per heavy atom. The van der Waals surface area contributed by atoms with Crippen LogP contribution in [0.4, 0.5) is 0 Å². The number of ether oxygens (including phenoxy) is 1. The number of nitro groups is 1. The molecule has 3 aliphatic rings. The van der Waals surface area contributed by atoms with E-state index in [1.54, 1.807) is 0 Å². The van der Waals surface area contributed by atoms with E-state index in [2.05, 4.69) is 22.7 Å². The molecule has 0 aromatic heterocycles. The van der Waals surface area contributed by atoms with Gasteiger partial charge in [-0.1, -0.05) is 0 Å². The molecule has 1 fully saturated rings. The Morgan fingerprint density at radius 2 is 2.05 bits per heavy atom. The summed E-state index contributed by atoms with van der Waals surface area (Å²) < 4.78 is 4.62. The number of hydrogen-bond donors (Lipinski definition) is 2. The Balaban J connectivity index is 0.000000186. The lowest BCUT2D eigenvalue weighted by atomic mass is 10.1. The van der Waals surface area contributed by atoms with E-state index >= 15 is 0 Å². The van der Waals surface area contributed by atoms with Crippen LogP contribution in [-0.4, -0.2) is 29.2 Å². The lowest BCUT2D eigenvalue weighted by molar-refractivity contribution is -0.574. The summed E-state index contributed by atoms with van der Waals surface area (Å²) in [5.41, 5.74) is 0.729. The number of benzene rings is 1. The standard InChI is InChI=1S/C8H5NO4.C4H9NS/c10-8-6-3-1-5(2-4-6)7(13-8)9(11)12;6-4-1-2-5-3-4/h1-4,7H;4-6H,1-3H2. The molecule has 3 heterocycles. The first-order valence-electron chi connectivity index (χ1n) is 5.91. The van der Waals surface area contributed by atoms with Crippen LogP contribution in [0.15, 0.2) is 24.3 Å². The monoisotopic (exact) mass is 282 g/mol. The molecule has 1 N–H and O–H groups in total. The minimum absolute atomic E-state index is 0.341. The fourth-order valence-corrected chi connectivity index (χ4v) is 2.08. The van der Waals surface area contributed by atoms with Gasteiger partial charge in [-0.25, -0.2) is 4.79 Å². The summed E-state index contributed by atoms with van der Waals surface area (Å²) in [5, 5.41) is 14.3. The summed E-state index contributed by atoms with van der Waals surface area (Å²) in [6.07, 6.45) is -0.122. The Bertz CT molecular complexity index is 471. The third-order valence-electron chi connectivity index (χ3n) is 2.88. The smallest absolute Gasteiger partial charge is 0.383 e. The average Bonchev–Trinajstić information content (AvgIpc) is 2.75. The second-order valence-electron chi connectivity index (χ2n) is 4.31. The molecule has 1 saturated heterocycles. The van der Waals surface area contributed by atoms with Crippen LogP contribution in [-0.2, 0) is 4.74 Å². The summed E-state index contributed by atoms with van der Waals surface area (Å²) in [7, 11) is 0. The van der Waals surface area contributed by atoms with Crippen LogP contribution in [0.3, 0.4) is 0 Å². The van der Waals surface area contributed by atoms with Crippen molar-refractivity contribution in [1.82, 2.24) is 5.32 Å². The van der Waals surface area contributed by atoms with Crippen LogP contribution in [0.25, 0.3) is 0 Å². The Morgan fingerprint density at radius 3 is 2.47 bits per heavy atom. The normalized spacial score (nSPS) is 24.2. The first-order chi connectivity index (χ1) is 9.08. The molecule has 0 radical (unpaired) electrons. The van der Waals surface area contributed by atoms with Crippen molar-refractivity contribution < 1.29 is 14.5 Å². The number of nitrogens with zero attached hydrogens (tertiary/aromatic N) is 1. The molecule has 6 nitrogen and oxygen atoms in total. The van der Waals surface area contributed by atoms with Crippen molar-refractivity contribution >= 4 is 18.6 Å². The molecule has 2 unspecified atom stereocenters. The van der Waals surface area contributed by atoms with Crippen molar-refractivity contribution in [3.8, 4) is 0 Å². The van der Waals surface area contributed by atoms with Gasteiger partial charge in [0, 0.05) is 11.8 Å². The molecular weight excluding hydrogens is 268 g/mol. The number of fused-ring (bicyclic) bond motifs is 4. The van der Waals surface area contributed by atoms with Crippen LogP contribution >= 0.6 is 12.6 Å². The average molecular weight is 282 g/mol. The number of thiol groups is 1. The third-order valence-corrected chi connectivity index (χ3v) is 3.32. The molecule has 0 amide bonds. The SMILES string of the molecule is O=C1OC([N+](=O)[O-])c2ccc1cc2.SC1CCNC1. The second-order valence-corrected chi connectivity index (χ2v) is 5.04. The fourth-order valence-electron chi connectivity index (χ4n) is 1.83. The molecule has 4 rings (SSSR count). The predicted octanol–water partition coefficient (Wildman–Crippen LogP) is 1.41. The van der Waals surface area contributed by atoms with Crippen LogP contribution in [0.2, 0.25) is 0 Å². The second kappa shape index (κ2) is 6.03. The minimum Gasteiger partial charge on any atom is -0.390 e. The maximum atomic E-state index is 11.1. The molecule has 1 aromatic carbocycles. The van der Waals surface area contributed by atoms with Gasteiger partial charge >= 0.3 is 12.2 Å². The molecule has 7 heteroatoms. The molecule has 0 spiro atoms. The van der Waals surface area contributed by atoms with Gasteiger partial charge in [-0.2, -0.15) is 12.6 Å². The largest absolute Gasteiger partial charge is 0.390 e. The highest BCUT2D eigenvalue weighted by Crippen LogP contribution is 2.24. The molecular formula is C12H14N2O4S. The lowest BCUT2D eigenvalue weighted by Gasteiger charge is -2.05. The zero-order valence-electron chi connectivity index (χ0n) is 10.1. The van der Waals surface area contributed by atoms with Gasteiger partial charge in [-0.05, 0) is 37.2 Å². The van der Waals surface area contributed by atoms with Crippen LogP contribution in [0.5, 0.6) is 0 Å². The van der Waals surface area contributed by atoms with Crippen molar-refractivity contribution in [3.63, 3.8) is 0 Å². The first kappa shape index (κ1) is 13.8. The van der Waals surface area contributed by atoms with E-state index in [0.717, 1.165) is 13.1 Å². The topological polar surface area (TPSA) is 81.5 Å². The van der Waals surface area contributed by atoms with Gasteiger partial charge in [0.05, 0.1) is 16.1 Å². The predicted molar refractivity (Wildman–Crippen MR) is 71.9 cm³/mol. The van der Waals surface area contributed by atoms with E-state index in [1.807, 2.05) is 0 Å². The molecule has 3 aliphatic heterocycles. The van der Waals surface area contributed by atoms with Crippen LogP contribution in [0, 0.1) is 10.1 Å². The van der Waals surface area contributed by atoms with Gasteiger partial charge in [-0.3, -0.25) is 10.1 Å². The van der Waals surface area contributed by atoms with E-state index in [0.29, 0.717) is 16.4 Å². The molecule has 2 bridgehead atoms. The summed E-state index contributed by atoms with van der Waals surface area (Å²) >= 11 is 4.23. The number of carbonyl (C=O) groups excluding carboxylic acids is 1. The van der Waals surface area contributed by atoms with Crippen molar-refractivity contribution in [2.24, 2.45) is 0 Å². The van der Waals surface area contributed by atoms with Gasteiger partial charge < -0.3 is 10.1 Å². The zero-order chi connectivity index (χ0) is 13.8. The van der Waals surface area contributed by atoms with Crippen molar-refractivity contribution in [3.05, 3.63) is 45.5 Å². The number of carbonyl (C=O) groups is 1. The highest BCUT2D eigenvalue weighted by molar-refractivity contribution is 7.81. The van der Waals surface area contributed by atoms with Gasteiger partial charge in [0.2, 0.25) is 0 Å². The summed E-state index contributed by atoms with van der Waals surface area (Å²) in [6, 6.07) is 6.07. The van der Waals surface area contributed by atoms with Gasteiger partial charge in [0.15, 0.2) is 0 Å². The number of nitrogens with one attached hydrogen (secondary N) is 1. The maximum absolute atomic E-state index is 11.1. The lowest BCUT2D eigenvalue weighted by Crippen LogP contribution is -2.15. The zero-order valence-corrected chi connectivity index (χ0v) is 11.0. The minimum atomic E-state index is -1.36. The molecule has 2 atom stereocenters. The summed E-state index contributed by atoms with van der Waals surface area (Å²) in [6.45, 7) is 2.26. The highest BCUT2D eigenvalue weighted by Gasteiger charge is 2.30. The van der Waals surface area contributed by atoms with Crippen LogP contribution in [0.1, 0.15) is 28.6 Å². The summed E-state index contributed by atoms with van der Waals surface area (Å²) in [4.78, 5) is 20.9. The Kier molecular flexibility index (Phi) is 4.39. The van der Waals surface area contributed by atoms with Gasteiger partial charge in [0.1, 0.15) is 0 Å². The molecule has 0 aliphatic carbocycles. The maximum Gasteiger partial charge on any atom is 0.383 e. The third kappa shape index (κ3) is 3.45. The molecule has 1 aromatic rings. The molecule has 102 valence electrons. The van der Waals surface area contributed by atoms with E-state index in [1.165, 1.54) is 30.7 Å². The number of rotatable bonds is 1. The highest BCUT2D eigenvalue weighted by atomic mass is 32.1. The number of esters is 1. The van der Waals surface area contributed by atoms with E-state index in [-0.39, 0.29) is 0 Å². The van der Waals surface area contributed by atoms with Gasteiger partial charge in [0.25, 0.3) is 0 Å². The van der Waals surface area contributed by atoms with E-state index in [9.17, 15) is 14.9 Å².